The number of hydrogen-bond donors (Lipinski definition) is 2. The number of rotatable bonds is 7. The van der Waals surface area contributed by atoms with Crippen LogP contribution in [0.4, 0.5) is 13.2 Å². The molecule has 1 aliphatic heterocycles. The van der Waals surface area contributed by atoms with Gasteiger partial charge >= 0.3 is 6.18 Å². The van der Waals surface area contributed by atoms with Crippen molar-refractivity contribution in [3.63, 3.8) is 0 Å². The van der Waals surface area contributed by atoms with Crippen LogP contribution in [0.1, 0.15) is 11.7 Å². The zero-order chi connectivity index (χ0) is 15.3. The lowest BCUT2D eigenvalue weighted by Gasteiger charge is -2.13. The van der Waals surface area contributed by atoms with Gasteiger partial charge in [-0.3, -0.25) is 0 Å². The van der Waals surface area contributed by atoms with Gasteiger partial charge in [0, 0.05) is 13.1 Å². The Morgan fingerprint density at radius 1 is 1.29 bits per heavy atom. The Morgan fingerprint density at radius 2 is 2.05 bits per heavy atom. The fraction of sp³-hybridized carbons (Fsp3) is 0.538. The van der Waals surface area contributed by atoms with Gasteiger partial charge in [-0.25, -0.2) is 0 Å². The van der Waals surface area contributed by atoms with Gasteiger partial charge in [0.1, 0.15) is 6.61 Å². The van der Waals surface area contributed by atoms with E-state index in [4.69, 9.17) is 9.47 Å². The van der Waals surface area contributed by atoms with Crippen molar-refractivity contribution in [3.8, 4) is 11.5 Å². The van der Waals surface area contributed by atoms with Crippen LogP contribution in [0.5, 0.6) is 11.5 Å². The van der Waals surface area contributed by atoms with Crippen LogP contribution in [0.3, 0.4) is 0 Å². The molecule has 0 saturated heterocycles. The Hall–Kier alpha value is -1.51. The van der Waals surface area contributed by atoms with Gasteiger partial charge in [0.05, 0.1) is 12.7 Å². The summed E-state index contributed by atoms with van der Waals surface area (Å²) in [5, 5.41) is 12.8. The van der Waals surface area contributed by atoms with Crippen molar-refractivity contribution in [2.24, 2.45) is 0 Å². The molecule has 1 aliphatic rings. The van der Waals surface area contributed by atoms with Crippen LogP contribution in [0.25, 0.3) is 0 Å². The molecule has 2 rings (SSSR count). The van der Waals surface area contributed by atoms with Crippen LogP contribution in [0.2, 0.25) is 0 Å². The van der Waals surface area contributed by atoms with Gasteiger partial charge in [0.2, 0.25) is 6.79 Å². The van der Waals surface area contributed by atoms with E-state index in [0.717, 1.165) is 0 Å². The molecular formula is C13H16F3NO4. The highest BCUT2D eigenvalue weighted by Gasteiger charge is 2.27. The number of nitrogens with one attached hydrogen (secondary N) is 1. The Labute approximate surface area is 119 Å². The summed E-state index contributed by atoms with van der Waals surface area (Å²) in [6, 6.07) is 5.09. The zero-order valence-electron chi connectivity index (χ0n) is 11.2. The molecule has 1 aromatic carbocycles. The second kappa shape index (κ2) is 6.97. The summed E-state index contributed by atoms with van der Waals surface area (Å²) in [6.07, 6.45) is -5.10. The third-order valence-electron chi connectivity index (χ3n) is 2.81. The summed E-state index contributed by atoms with van der Waals surface area (Å²) in [6.45, 7) is -0.761. The number of benzene rings is 1. The molecule has 0 saturated carbocycles. The minimum Gasteiger partial charge on any atom is -0.454 e. The standard InChI is InChI=1S/C13H16F3NO4/c14-13(15,16)7-19-4-3-17-6-10(18)9-1-2-11-12(5-9)21-8-20-11/h1-2,5,10,17-18H,3-4,6-8H2. The second-order valence-electron chi connectivity index (χ2n) is 4.50. The van der Waals surface area contributed by atoms with Gasteiger partial charge in [0.15, 0.2) is 11.5 Å². The van der Waals surface area contributed by atoms with Crippen LogP contribution in [0.15, 0.2) is 18.2 Å². The Kier molecular flexibility index (Phi) is 5.27. The van der Waals surface area contributed by atoms with Gasteiger partial charge in [-0.15, -0.1) is 0 Å². The molecule has 1 heterocycles. The van der Waals surface area contributed by atoms with E-state index in [0.29, 0.717) is 17.1 Å². The summed E-state index contributed by atoms with van der Waals surface area (Å²) >= 11 is 0. The molecule has 1 atom stereocenters. The number of aliphatic hydroxyl groups excluding tert-OH is 1. The molecule has 0 spiro atoms. The van der Waals surface area contributed by atoms with Gasteiger partial charge < -0.3 is 24.6 Å². The van der Waals surface area contributed by atoms with E-state index >= 15 is 0 Å². The maximum Gasteiger partial charge on any atom is 0.411 e. The number of ether oxygens (including phenoxy) is 3. The predicted octanol–water partition coefficient (Wildman–Crippen LogP) is 1.62. The van der Waals surface area contributed by atoms with Crippen molar-refractivity contribution in [2.45, 2.75) is 12.3 Å². The third-order valence-corrected chi connectivity index (χ3v) is 2.81. The van der Waals surface area contributed by atoms with Crippen molar-refractivity contribution >= 4 is 0 Å². The number of alkyl halides is 3. The zero-order valence-corrected chi connectivity index (χ0v) is 11.2. The molecule has 0 bridgehead atoms. The van der Waals surface area contributed by atoms with Gasteiger partial charge in [-0.05, 0) is 17.7 Å². The monoisotopic (exact) mass is 307 g/mol. The number of aliphatic hydroxyl groups is 1. The van der Waals surface area contributed by atoms with Crippen LogP contribution in [0, 0.1) is 0 Å². The van der Waals surface area contributed by atoms with Crippen molar-refractivity contribution in [1.82, 2.24) is 5.32 Å². The molecule has 1 unspecified atom stereocenters. The number of fused-ring (bicyclic) bond motifs is 1. The average molecular weight is 307 g/mol. The maximum absolute atomic E-state index is 11.8. The lowest BCUT2D eigenvalue weighted by atomic mass is 10.1. The Morgan fingerprint density at radius 3 is 2.81 bits per heavy atom. The van der Waals surface area contributed by atoms with Crippen LogP contribution in [-0.4, -0.2) is 44.4 Å². The second-order valence-corrected chi connectivity index (χ2v) is 4.50. The molecule has 118 valence electrons. The minimum absolute atomic E-state index is 0.0760. The normalized spacial score (nSPS) is 15.2. The highest BCUT2D eigenvalue weighted by molar-refractivity contribution is 5.45. The molecule has 0 amide bonds. The van der Waals surface area contributed by atoms with E-state index in [1.165, 1.54) is 0 Å². The van der Waals surface area contributed by atoms with Gasteiger partial charge in [-0.2, -0.15) is 13.2 Å². The first-order chi connectivity index (χ1) is 9.96. The minimum atomic E-state index is -4.31. The fourth-order valence-corrected chi connectivity index (χ4v) is 1.81. The summed E-state index contributed by atoms with van der Waals surface area (Å²) in [7, 11) is 0. The van der Waals surface area contributed by atoms with Crippen molar-refractivity contribution in [3.05, 3.63) is 23.8 Å². The summed E-state index contributed by atoms with van der Waals surface area (Å²) in [5.74, 6) is 1.19. The van der Waals surface area contributed by atoms with Gasteiger partial charge in [0.25, 0.3) is 0 Å². The fourth-order valence-electron chi connectivity index (χ4n) is 1.81. The third kappa shape index (κ3) is 5.07. The predicted molar refractivity (Wildman–Crippen MR) is 67.3 cm³/mol. The van der Waals surface area contributed by atoms with Crippen molar-refractivity contribution in [2.75, 3.05) is 33.1 Å². The summed E-state index contributed by atoms with van der Waals surface area (Å²) in [5.41, 5.74) is 0.642. The first-order valence-corrected chi connectivity index (χ1v) is 6.38. The Balaban J connectivity index is 1.67. The first kappa shape index (κ1) is 15.9. The topological polar surface area (TPSA) is 60.0 Å². The van der Waals surface area contributed by atoms with Crippen molar-refractivity contribution in [1.29, 1.82) is 0 Å². The van der Waals surface area contributed by atoms with E-state index < -0.39 is 18.9 Å². The van der Waals surface area contributed by atoms with E-state index in [9.17, 15) is 18.3 Å². The lowest BCUT2D eigenvalue weighted by molar-refractivity contribution is -0.173. The molecule has 1 aromatic rings. The molecule has 0 aliphatic carbocycles. The van der Waals surface area contributed by atoms with Gasteiger partial charge in [-0.1, -0.05) is 6.07 Å². The molecule has 21 heavy (non-hydrogen) atoms. The SMILES string of the molecule is OC(CNCCOCC(F)(F)F)c1ccc2c(c1)OCO2. The molecule has 0 radical (unpaired) electrons. The van der Waals surface area contributed by atoms with E-state index in [1.54, 1.807) is 18.2 Å². The molecule has 0 aromatic heterocycles. The molecule has 2 N–H and O–H groups in total. The Bertz CT molecular complexity index is 467. The maximum atomic E-state index is 11.8. The van der Waals surface area contributed by atoms with Crippen LogP contribution >= 0.6 is 0 Å². The molecule has 0 fully saturated rings. The van der Waals surface area contributed by atoms with Crippen LogP contribution in [-0.2, 0) is 4.74 Å². The lowest BCUT2D eigenvalue weighted by Crippen LogP contribution is -2.27. The highest BCUT2D eigenvalue weighted by Crippen LogP contribution is 2.34. The molecule has 5 nitrogen and oxygen atoms in total. The molecule has 8 heteroatoms. The summed E-state index contributed by atoms with van der Waals surface area (Å²) < 4.78 is 50.2. The number of halogens is 3. The van der Waals surface area contributed by atoms with E-state index in [1.807, 2.05) is 0 Å². The first-order valence-electron chi connectivity index (χ1n) is 6.38. The van der Waals surface area contributed by atoms with E-state index in [-0.39, 0.29) is 26.5 Å². The largest absolute Gasteiger partial charge is 0.454 e. The summed E-state index contributed by atoms with van der Waals surface area (Å²) in [4.78, 5) is 0. The van der Waals surface area contributed by atoms with Crippen molar-refractivity contribution < 1.29 is 32.5 Å². The van der Waals surface area contributed by atoms with Crippen LogP contribution < -0.4 is 14.8 Å². The number of hydrogen-bond acceptors (Lipinski definition) is 5. The molecular weight excluding hydrogens is 291 g/mol. The quantitative estimate of drug-likeness (QED) is 0.750. The smallest absolute Gasteiger partial charge is 0.411 e. The average Bonchev–Trinajstić information content (AvgIpc) is 2.88. The highest BCUT2D eigenvalue weighted by atomic mass is 19.4. The van der Waals surface area contributed by atoms with E-state index in [2.05, 4.69) is 10.1 Å².